The van der Waals surface area contributed by atoms with Crippen LogP contribution in [0.2, 0.25) is 5.02 Å². The molecule has 2 heterocycles. The molecule has 0 aliphatic carbocycles. The van der Waals surface area contributed by atoms with Gasteiger partial charge < -0.3 is 15.0 Å². The predicted octanol–water partition coefficient (Wildman–Crippen LogP) is 3.79. The molecule has 0 spiro atoms. The number of carbonyl (C=O) groups excluding carboxylic acids is 2. The molecule has 0 bridgehead atoms. The van der Waals surface area contributed by atoms with Crippen molar-refractivity contribution < 1.29 is 14.3 Å². The molecule has 0 fully saturated rings. The first-order valence-electron chi connectivity index (χ1n) is 7.52. The van der Waals surface area contributed by atoms with Crippen LogP contribution in [0.25, 0.3) is 0 Å². The molecule has 25 heavy (non-hydrogen) atoms. The fraction of sp³-hybridized carbons (Fsp3) is 0.111. The number of amides is 1. The van der Waals surface area contributed by atoms with E-state index in [2.05, 4.69) is 10.3 Å². The highest BCUT2D eigenvalue weighted by atomic mass is 35.5. The number of hydrogen-bond acceptors (Lipinski definition) is 4. The standard InChI is InChI=1S/C18H15ClN2O3S/c19-13-9-14(20-10-13)18(23)24-11-16(22)21-17(15-7-4-8-25-15)12-5-2-1-3-6-12/h1-10,17,20H,11H2,(H,21,22)/t17-/m0/s1. The van der Waals surface area contributed by atoms with Crippen molar-refractivity contribution in [3.8, 4) is 0 Å². The second-order valence-corrected chi connectivity index (χ2v) is 6.65. The third-order valence-electron chi connectivity index (χ3n) is 3.47. The van der Waals surface area contributed by atoms with Crippen LogP contribution in [0.5, 0.6) is 0 Å². The minimum absolute atomic E-state index is 0.204. The van der Waals surface area contributed by atoms with Crippen molar-refractivity contribution in [2.24, 2.45) is 0 Å². The van der Waals surface area contributed by atoms with E-state index >= 15 is 0 Å². The Hall–Kier alpha value is -2.57. The summed E-state index contributed by atoms with van der Waals surface area (Å²) in [4.78, 5) is 27.8. The smallest absolute Gasteiger partial charge is 0.355 e. The average molecular weight is 375 g/mol. The van der Waals surface area contributed by atoms with Crippen molar-refractivity contribution in [1.82, 2.24) is 10.3 Å². The van der Waals surface area contributed by atoms with Crippen LogP contribution in [0.15, 0.2) is 60.1 Å². The van der Waals surface area contributed by atoms with Gasteiger partial charge in [0, 0.05) is 11.1 Å². The van der Waals surface area contributed by atoms with E-state index in [0.717, 1.165) is 10.4 Å². The minimum Gasteiger partial charge on any atom is -0.451 e. The molecule has 0 aliphatic heterocycles. The lowest BCUT2D eigenvalue weighted by atomic mass is 10.1. The first-order valence-corrected chi connectivity index (χ1v) is 8.78. The van der Waals surface area contributed by atoms with Crippen LogP contribution in [-0.4, -0.2) is 23.5 Å². The summed E-state index contributed by atoms with van der Waals surface area (Å²) >= 11 is 7.29. The number of rotatable bonds is 6. The second kappa shape index (κ2) is 8.00. The van der Waals surface area contributed by atoms with E-state index in [-0.39, 0.29) is 24.2 Å². The summed E-state index contributed by atoms with van der Waals surface area (Å²) in [5, 5.41) is 5.26. The Bertz CT molecular complexity index is 846. The summed E-state index contributed by atoms with van der Waals surface area (Å²) in [5.74, 6) is -1.01. The van der Waals surface area contributed by atoms with Gasteiger partial charge in [0.2, 0.25) is 0 Å². The number of aromatic nitrogens is 1. The molecule has 0 aliphatic rings. The van der Waals surface area contributed by atoms with Crippen molar-refractivity contribution in [2.45, 2.75) is 6.04 Å². The summed E-state index contributed by atoms with van der Waals surface area (Å²) in [6.07, 6.45) is 1.47. The molecule has 0 radical (unpaired) electrons. The lowest BCUT2D eigenvalue weighted by Crippen LogP contribution is -2.32. The Morgan fingerprint density at radius 1 is 1.20 bits per heavy atom. The van der Waals surface area contributed by atoms with E-state index in [1.54, 1.807) is 11.3 Å². The molecule has 2 aromatic heterocycles. The molecule has 1 aromatic carbocycles. The molecule has 1 amide bonds. The van der Waals surface area contributed by atoms with E-state index < -0.39 is 5.97 Å². The molecule has 2 N–H and O–H groups in total. The summed E-state index contributed by atoms with van der Waals surface area (Å²) in [5.41, 5.74) is 1.16. The van der Waals surface area contributed by atoms with Crippen molar-refractivity contribution in [3.63, 3.8) is 0 Å². The first kappa shape index (κ1) is 17.3. The van der Waals surface area contributed by atoms with E-state index in [1.165, 1.54) is 12.3 Å². The number of esters is 1. The molecule has 3 rings (SSSR count). The van der Waals surface area contributed by atoms with Crippen molar-refractivity contribution >= 4 is 34.8 Å². The van der Waals surface area contributed by atoms with Gasteiger partial charge in [0.1, 0.15) is 5.69 Å². The summed E-state index contributed by atoms with van der Waals surface area (Å²) in [7, 11) is 0. The van der Waals surface area contributed by atoms with Gasteiger partial charge in [-0.05, 0) is 23.1 Å². The van der Waals surface area contributed by atoms with Gasteiger partial charge >= 0.3 is 5.97 Å². The average Bonchev–Trinajstić information content (AvgIpc) is 3.30. The molecule has 5 nitrogen and oxygen atoms in total. The molecular formula is C18H15ClN2O3S. The molecule has 0 saturated heterocycles. The quantitative estimate of drug-likeness (QED) is 0.645. The number of nitrogens with one attached hydrogen (secondary N) is 2. The molecule has 0 unspecified atom stereocenters. The van der Waals surface area contributed by atoms with E-state index in [9.17, 15) is 9.59 Å². The predicted molar refractivity (Wildman–Crippen MR) is 96.8 cm³/mol. The van der Waals surface area contributed by atoms with Gasteiger partial charge in [0.15, 0.2) is 6.61 Å². The van der Waals surface area contributed by atoms with Crippen LogP contribution in [0, 0.1) is 0 Å². The number of aromatic amines is 1. The maximum absolute atomic E-state index is 12.2. The highest BCUT2D eigenvalue weighted by Crippen LogP contribution is 2.25. The fourth-order valence-electron chi connectivity index (χ4n) is 2.32. The molecule has 1 atom stereocenters. The zero-order chi connectivity index (χ0) is 17.6. The number of benzene rings is 1. The fourth-order valence-corrected chi connectivity index (χ4v) is 3.28. The Morgan fingerprint density at radius 3 is 2.64 bits per heavy atom. The van der Waals surface area contributed by atoms with Gasteiger partial charge in [0.05, 0.1) is 11.1 Å². The normalized spacial score (nSPS) is 11.7. The molecule has 3 aromatic rings. The minimum atomic E-state index is -0.630. The number of hydrogen-bond donors (Lipinski definition) is 2. The van der Waals surface area contributed by atoms with Gasteiger partial charge in [-0.3, -0.25) is 4.79 Å². The SMILES string of the molecule is O=C(COC(=O)c1cc(Cl)c[nH]1)N[C@@H](c1ccccc1)c1cccs1. The van der Waals surface area contributed by atoms with Crippen LogP contribution in [0.4, 0.5) is 0 Å². The zero-order valence-electron chi connectivity index (χ0n) is 13.1. The number of ether oxygens (including phenoxy) is 1. The summed E-state index contributed by atoms with van der Waals surface area (Å²) < 4.78 is 5.02. The molecular weight excluding hydrogens is 360 g/mol. The summed E-state index contributed by atoms with van der Waals surface area (Å²) in [6, 6.07) is 14.7. The summed E-state index contributed by atoms with van der Waals surface area (Å²) in [6.45, 7) is -0.371. The van der Waals surface area contributed by atoms with Crippen LogP contribution in [0.3, 0.4) is 0 Å². The Labute approximate surface area is 153 Å². The Morgan fingerprint density at radius 2 is 2.00 bits per heavy atom. The Balaban J connectivity index is 1.64. The third kappa shape index (κ3) is 4.49. The van der Waals surface area contributed by atoms with E-state index in [1.807, 2.05) is 47.8 Å². The second-order valence-electron chi connectivity index (χ2n) is 5.23. The monoisotopic (exact) mass is 374 g/mol. The largest absolute Gasteiger partial charge is 0.451 e. The van der Waals surface area contributed by atoms with Crippen molar-refractivity contribution in [3.05, 3.63) is 81.3 Å². The van der Waals surface area contributed by atoms with Crippen LogP contribution in [-0.2, 0) is 9.53 Å². The molecule has 7 heteroatoms. The van der Waals surface area contributed by atoms with Crippen molar-refractivity contribution in [1.29, 1.82) is 0 Å². The van der Waals surface area contributed by atoms with Crippen LogP contribution < -0.4 is 5.32 Å². The van der Waals surface area contributed by atoms with Gasteiger partial charge in [-0.2, -0.15) is 0 Å². The third-order valence-corrected chi connectivity index (χ3v) is 4.62. The zero-order valence-corrected chi connectivity index (χ0v) is 14.6. The number of thiophene rings is 1. The van der Waals surface area contributed by atoms with Gasteiger partial charge in [-0.15, -0.1) is 11.3 Å². The maximum Gasteiger partial charge on any atom is 0.355 e. The van der Waals surface area contributed by atoms with Gasteiger partial charge in [0.25, 0.3) is 5.91 Å². The molecule has 128 valence electrons. The first-order chi connectivity index (χ1) is 12.1. The topological polar surface area (TPSA) is 71.2 Å². The number of halogens is 1. The van der Waals surface area contributed by atoms with Crippen molar-refractivity contribution in [2.75, 3.05) is 6.61 Å². The lowest BCUT2D eigenvalue weighted by molar-refractivity contribution is -0.124. The van der Waals surface area contributed by atoms with Gasteiger partial charge in [-0.25, -0.2) is 4.79 Å². The molecule has 0 saturated carbocycles. The van der Waals surface area contributed by atoms with Crippen LogP contribution in [0.1, 0.15) is 27.0 Å². The van der Waals surface area contributed by atoms with E-state index in [0.29, 0.717) is 5.02 Å². The Kier molecular flexibility index (Phi) is 5.53. The highest BCUT2D eigenvalue weighted by molar-refractivity contribution is 7.10. The van der Waals surface area contributed by atoms with Gasteiger partial charge in [-0.1, -0.05) is 48.0 Å². The number of H-pyrrole nitrogens is 1. The number of carbonyl (C=O) groups is 2. The maximum atomic E-state index is 12.2. The lowest BCUT2D eigenvalue weighted by Gasteiger charge is -2.18. The highest BCUT2D eigenvalue weighted by Gasteiger charge is 2.19. The van der Waals surface area contributed by atoms with Crippen LogP contribution >= 0.6 is 22.9 Å². The van der Waals surface area contributed by atoms with E-state index in [4.69, 9.17) is 16.3 Å².